The van der Waals surface area contributed by atoms with Crippen LogP contribution in [0.2, 0.25) is 0 Å². The van der Waals surface area contributed by atoms with Crippen LogP contribution >= 0.6 is 0 Å². The summed E-state index contributed by atoms with van der Waals surface area (Å²) in [6, 6.07) is 12.2. The van der Waals surface area contributed by atoms with E-state index in [0.717, 1.165) is 36.2 Å². The third-order valence-electron chi connectivity index (χ3n) is 3.69. The fourth-order valence-corrected chi connectivity index (χ4v) is 2.61. The Balaban J connectivity index is 1.78. The molecule has 0 amide bonds. The molecule has 0 atom stereocenters. The number of pyridine rings is 1. The summed E-state index contributed by atoms with van der Waals surface area (Å²) in [6.07, 6.45) is 2.38. The molecule has 1 fully saturated rings. The largest absolute Gasteiger partial charge is 0.378 e. The summed E-state index contributed by atoms with van der Waals surface area (Å²) < 4.78 is 5.55. The molecule has 1 heterocycles. The molecule has 20 heavy (non-hydrogen) atoms. The lowest BCUT2D eigenvalue weighted by Crippen LogP contribution is -2.41. The summed E-state index contributed by atoms with van der Waals surface area (Å²) in [5, 5.41) is 13.5. The number of nitrogens with zero attached hydrogens (tertiary/aromatic N) is 2. The molecule has 2 aromatic rings. The topological polar surface area (TPSA) is 57.9 Å². The Bertz CT molecular complexity index is 656. The van der Waals surface area contributed by atoms with Gasteiger partial charge in [0.05, 0.1) is 23.3 Å². The van der Waals surface area contributed by atoms with E-state index < -0.39 is 0 Å². The smallest absolute Gasteiger partial charge is 0.128 e. The van der Waals surface area contributed by atoms with Gasteiger partial charge in [0, 0.05) is 18.0 Å². The molecule has 4 nitrogen and oxygen atoms in total. The highest BCUT2D eigenvalue weighted by Crippen LogP contribution is 2.27. The van der Waals surface area contributed by atoms with E-state index in [4.69, 9.17) is 4.74 Å². The maximum absolute atomic E-state index is 9.25. The van der Waals surface area contributed by atoms with Crippen molar-refractivity contribution >= 4 is 16.7 Å². The van der Waals surface area contributed by atoms with Crippen molar-refractivity contribution in [1.82, 2.24) is 4.98 Å². The lowest BCUT2D eigenvalue weighted by Gasteiger charge is -2.35. The molecule has 102 valence electrons. The maximum Gasteiger partial charge on any atom is 0.128 e. The molecule has 0 radical (unpaired) electrons. The molecule has 1 aliphatic rings. The Hall–Kier alpha value is -2.12. The van der Waals surface area contributed by atoms with Gasteiger partial charge >= 0.3 is 0 Å². The highest BCUT2D eigenvalue weighted by atomic mass is 16.5. The maximum atomic E-state index is 9.25. The fourth-order valence-electron chi connectivity index (χ4n) is 2.61. The lowest BCUT2D eigenvalue weighted by molar-refractivity contribution is 0.00293. The summed E-state index contributed by atoms with van der Waals surface area (Å²) in [7, 11) is 0. The summed E-state index contributed by atoms with van der Waals surface area (Å²) in [6.45, 7) is 2.79. The van der Waals surface area contributed by atoms with Crippen molar-refractivity contribution < 1.29 is 4.74 Å². The number of benzene rings is 1. The number of para-hydroxylation sites is 1. The summed E-state index contributed by atoms with van der Waals surface area (Å²) in [5.74, 6) is 0.778. The second-order valence-electron chi connectivity index (χ2n) is 5.07. The van der Waals surface area contributed by atoms with Crippen LogP contribution in [0.1, 0.15) is 25.3 Å². The van der Waals surface area contributed by atoms with Crippen molar-refractivity contribution in [2.45, 2.75) is 31.9 Å². The third kappa shape index (κ3) is 2.45. The summed E-state index contributed by atoms with van der Waals surface area (Å²) >= 11 is 0. The van der Waals surface area contributed by atoms with Crippen LogP contribution < -0.4 is 5.32 Å². The zero-order valence-electron chi connectivity index (χ0n) is 11.5. The number of nitrogens with one attached hydrogen (secondary N) is 1. The SMILES string of the molecule is CCOC1CC(Nc2cc(C#N)c3ccccc3n2)C1. The normalized spacial score (nSPS) is 21.2. The molecule has 0 spiro atoms. The standard InChI is InChI=1S/C16H17N3O/c1-2-20-13-8-12(9-13)18-16-7-11(10-17)14-5-3-4-6-15(14)19-16/h3-7,12-13H,2,8-9H2,1H3,(H,18,19). The van der Waals surface area contributed by atoms with Crippen LogP contribution in [0, 0.1) is 11.3 Å². The minimum atomic E-state index is 0.369. The van der Waals surface area contributed by atoms with Crippen LogP contribution in [-0.2, 0) is 4.74 Å². The first-order valence-electron chi connectivity index (χ1n) is 6.98. The van der Waals surface area contributed by atoms with E-state index in [1.54, 1.807) is 0 Å². The van der Waals surface area contributed by atoms with Gasteiger partial charge in [-0.15, -0.1) is 0 Å². The second-order valence-corrected chi connectivity index (χ2v) is 5.07. The third-order valence-corrected chi connectivity index (χ3v) is 3.69. The van der Waals surface area contributed by atoms with Gasteiger partial charge in [-0.25, -0.2) is 4.98 Å². The number of ether oxygens (including phenoxy) is 1. The van der Waals surface area contributed by atoms with Gasteiger partial charge in [0.15, 0.2) is 0 Å². The molecule has 1 aromatic carbocycles. The predicted molar refractivity (Wildman–Crippen MR) is 78.5 cm³/mol. The summed E-state index contributed by atoms with van der Waals surface area (Å²) in [5.41, 5.74) is 1.52. The monoisotopic (exact) mass is 267 g/mol. The minimum absolute atomic E-state index is 0.369. The second kappa shape index (κ2) is 5.48. The number of nitriles is 1. The van der Waals surface area contributed by atoms with Gasteiger partial charge in [0.2, 0.25) is 0 Å². The summed E-state index contributed by atoms with van der Waals surface area (Å²) in [4.78, 5) is 4.57. The lowest BCUT2D eigenvalue weighted by atomic mass is 9.89. The van der Waals surface area contributed by atoms with Crippen molar-refractivity contribution in [1.29, 1.82) is 5.26 Å². The number of rotatable bonds is 4. The van der Waals surface area contributed by atoms with E-state index in [9.17, 15) is 5.26 Å². The van der Waals surface area contributed by atoms with Gasteiger partial charge in [-0.1, -0.05) is 18.2 Å². The first-order chi connectivity index (χ1) is 9.80. The molecular formula is C16H17N3O. The van der Waals surface area contributed by atoms with Crippen LogP contribution in [0.25, 0.3) is 10.9 Å². The van der Waals surface area contributed by atoms with E-state index in [1.807, 2.05) is 37.3 Å². The number of fused-ring (bicyclic) bond motifs is 1. The van der Waals surface area contributed by atoms with Gasteiger partial charge in [0.1, 0.15) is 5.82 Å². The Morgan fingerprint density at radius 1 is 1.40 bits per heavy atom. The van der Waals surface area contributed by atoms with Crippen molar-refractivity contribution in [2.75, 3.05) is 11.9 Å². The van der Waals surface area contributed by atoms with Crippen LogP contribution in [-0.4, -0.2) is 23.7 Å². The van der Waals surface area contributed by atoms with Gasteiger partial charge in [-0.2, -0.15) is 5.26 Å². The molecule has 0 unspecified atom stereocenters. The predicted octanol–water partition coefficient (Wildman–Crippen LogP) is 3.09. The molecule has 1 aromatic heterocycles. The Labute approximate surface area is 118 Å². The minimum Gasteiger partial charge on any atom is -0.378 e. The molecule has 0 saturated heterocycles. The van der Waals surface area contributed by atoms with Crippen LogP contribution in [0.4, 0.5) is 5.82 Å². The van der Waals surface area contributed by atoms with Crippen molar-refractivity contribution in [3.8, 4) is 6.07 Å². The highest BCUT2D eigenvalue weighted by Gasteiger charge is 2.29. The van der Waals surface area contributed by atoms with E-state index in [0.29, 0.717) is 17.7 Å². The fraction of sp³-hybridized carbons (Fsp3) is 0.375. The van der Waals surface area contributed by atoms with Crippen molar-refractivity contribution in [2.24, 2.45) is 0 Å². The Morgan fingerprint density at radius 3 is 2.95 bits per heavy atom. The van der Waals surface area contributed by atoms with Crippen molar-refractivity contribution in [3.63, 3.8) is 0 Å². The van der Waals surface area contributed by atoms with Crippen LogP contribution in [0.3, 0.4) is 0 Å². The average Bonchev–Trinajstić information content (AvgIpc) is 2.44. The highest BCUT2D eigenvalue weighted by molar-refractivity contribution is 5.86. The molecule has 0 bridgehead atoms. The molecular weight excluding hydrogens is 250 g/mol. The number of hydrogen-bond donors (Lipinski definition) is 1. The Morgan fingerprint density at radius 2 is 2.20 bits per heavy atom. The zero-order chi connectivity index (χ0) is 13.9. The average molecular weight is 267 g/mol. The molecule has 1 N–H and O–H groups in total. The van der Waals surface area contributed by atoms with Crippen LogP contribution in [0.5, 0.6) is 0 Å². The molecule has 1 aliphatic carbocycles. The van der Waals surface area contributed by atoms with E-state index in [1.165, 1.54) is 0 Å². The molecule has 0 aliphatic heterocycles. The number of hydrogen-bond acceptors (Lipinski definition) is 4. The van der Waals surface area contributed by atoms with E-state index >= 15 is 0 Å². The molecule has 3 rings (SSSR count). The van der Waals surface area contributed by atoms with Crippen LogP contribution in [0.15, 0.2) is 30.3 Å². The Kier molecular flexibility index (Phi) is 3.53. The quantitative estimate of drug-likeness (QED) is 0.924. The van der Waals surface area contributed by atoms with Crippen molar-refractivity contribution in [3.05, 3.63) is 35.9 Å². The zero-order valence-corrected chi connectivity index (χ0v) is 11.5. The first-order valence-corrected chi connectivity index (χ1v) is 6.98. The van der Waals surface area contributed by atoms with E-state index in [2.05, 4.69) is 16.4 Å². The first kappa shape index (κ1) is 12.9. The van der Waals surface area contributed by atoms with Gasteiger partial charge in [0.25, 0.3) is 0 Å². The van der Waals surface area contributed by atoms with E-state index in [-0.39, 0.29) is 0 Å². The number of aromatic nitrogens is 1. The molecule has 4 heteroatoms. The van der Waals surface area contributed by atoms with Gasteiger partial charge in [-0.05, 0) is 31.9 Å². The molecule has 1 saturated carbocycles. The number of anilines is 1. The van der Waals surface area contributed by atoms with Gasteiger partial charge < -0.3 is 10.1 Å². The van der Waals surface area contributed by atoms with Gasteiger partial charge in [-0.3, -0.25) is 0 Å².